The molecule has 0 radical (unpaired) electrons. The van der Waals surface area contributed by atoms with Gasteiger partial charge in [-0.2, -0.15) is 0 Å². The van der Waals surface area contributed by atoms with Gasteiger partial charge >= 0.3 is 0 Å². The second kappa shape index (κ2) is 8.22. The molecule has 2 N–H and O–H groups in total. The first-order valence-corrected chi connectivity index (χ1v) is 9.98. The number of carbonyl (C=O) groups is 1. The fourth-order valence-corrected chi connectivity index (χ4v) is 4.07. The summed E-state index contributed by atoms with van der Waals surface area (Å²) in [5.74, 6) is -0.588. The van der Waals surface area contributed by atoms with Crippen LogP contribution in [0, 0.1) is 11.6 Å². The van der Waals surface area contributed by atoms with Crippen molar-refractivity contribution in [2.45, 2.75) is 25.7 Å². The van der Waals surface area contributed by atoms with Crippen LogP contribution in [0.15, 0.2) is 54.7 Å². The molecule has 0 saturated carbocycles. The van der Waals surface area contributed by atoms with E-state index in [9.17, 15) is 13.6 Å². The van der Waals surface area contributed by atoms with Crippen molar-refractivity contribution in [1.29, 1.82) is 0 Å². The molecule has 1 aromatic heterocycles. The third-order valence-corrected chi connectivity index (χ3v) is 5.72. The minimum absolute atomic E-state index is 0.122. The Morgan fingerprint density at radius 3 is 2.37 bits per heavy atom. The molecule has 6 heteroatoms. The Morgan fingerprint density at radius 1 is 1.00 bits per heavy atom. The molecule has 1 saturated heterocycles. The number of hydrogen-bond acceptors (Lipinski definition) is 3. The van der Waals surface area contributed by atoms with E-state index in [0.29, 0.717) is 17.0 Å². The number of carbonyl (C=O) groups excluding carboxylic acids is 1. The van der Waals surface area contributed by atoms with Crippen molar-refractivity contribution in [2.24, 2.45) is 0 Å². The lowest BCUT2D eigenvalue weighted by Gasteiger charge is -2.31. The van der Waals surface area contributed by atoms with E-state index in [4.69, 9.17) is 5.73 Å². The number of nitrogen functional groups attached to an aromatic ring is 1. The number of likely N-dealkylation sites (tertiary alicyclic amines) is 1. The van der Waals surface area contributed by atoms with Crippen LogP contribution in [0.25, 0.3) is 22.3 Å². The van der Waals surface area contributed by atoms with Gasteiger partial charge in [0.05, 0.1) is 0 Å². The number of nitrogens with two attached hydrogens (primary N) is 1. The molecular formula is C24H23F2N3O. The maximum absolute atomic E-state index is 13.7. The lowest BCUT2D eigenvalue weighted by atomic mass is 9.87. The van der Waals surface area contributed by atoms with E-state index in [0.717, 1.165) is 43.1 Å². The van der Waals surface area contributed by atoms with E-state index >= 15 is 0 Å². The molecule has 30 heavy (non-hydrogen) atoms. The SMILES string of the molecule is CC(=O)N1CCC(c2cccc(-c3cnc(N)c(-c4cc(F)cc(F)c4)c3)c2)CC1. The van der Waals surface area contributed by atoms with Crippen LogP contribution in [0.4, 0.5) is 14.6 Å². The Morgan fingerprint density at radius 2 is 1.70 bits per heavy atom. The minimum Gasteiger partial charge on any atom is -0.383 e. The van der Waals surface area contributed by atoms with Crippen molar-refractivity contribution in [3.05, 3.63) is 71.9 Å². The van der Waals surface area contributed by atoms with Crippen molar-refractivity contribution >= 4 is 11.7 Å². The number of benzene rings is 2. The molecule has 2 heterocycles. The highest BCUT2D eigenvalue weighted by Crippen LogP contribution is 2.34. The lowest BCUT2D eigenvalue weighted by molar-refractivity contribution is -0.129. The molecule has 154 valence electrons. The Kier molecular flexibility index (Phi) is 5.48. The summed E-state index contributed by atoms with van der Waals surface area (Å²) in [6.07, 6.45) is 3.53. The summed E-state index contributed by atoms with van der Waals surface area (Å²) in [7, 11) is 0. The summed E-state index contributed by atoms with van der Waals surface area (Å²) in [5.41, 5.74) is 9.85. The number of nitrogens with zero attached hydrogens (tertiary/aromatic N) is 2. The predicted molar refractivity (Wildman–Crippen MR) is 114 cm³/mol. The molecule has 0 spiro atoms. The average molecular weight is 407 g/mol. The maximum Gasteiger partial charge on any atom is 0.219 e. The van der Waals surface area contributed by atoms with Crippen molar-refractivity contribution < 1.29 is 13.6 Å². The smallest absolute Gasteiger partial charge is 0.219 e. The summed E-state index contributed by atoms with van der Waals surface area (Å²) >= 11 is 0. The summed E-state index contributed by atoms with van der Waals surface area (Å²) in [5, 5.41) is 0. The number of halogens is 2. The van der Waals surface area contributed by atoms with Gasteiger partial charge in [0.1, 0.15) is 17.5 Å². The van der Waals surface area contributed by atoms with Crippen molar-refractivity contribution in [2.75, 3.05) is 18.8 Å². The summed E-state index contributed by atoms with van der Waals surface area (Å²) < 4.78 is 27.4. The van der Waals surface area contributed by atoms with Crippen LogP contribution >= 0.6 is 0 Å². The molecule has 1 aliphatic heterocycles. The third kappa shape index (κ3) is 4.17. The maximum atomic E-state index is 13.7. The van der Waals surface area contributed by atoms with Crippen LogP contribution in [0.5, 0.6) is 0 Å². The number of hydrogen-bond donors (Lipinski definition) is 1. The number of anilines is 1. The van der Waals surface area contributed by atoms with E-state index in [-0.39, 0.29) is 11.7 Å². The molecule has 1 aliphatic rings. The molecule has 4 rings (SSSR count). The van der Waals surface area contributed by atoms with Gasteiger partial charge in [-0.25, -0.2) is 13.8 Å². The first-order chi connectivity index (χ1) is 14.4. The molecule has 0 atom stereocenters. The van der Waals surface area contributed by atoms with Gasteiger partial charge in [-0.1, -0.05) is 24.3 Å². The largest absolute Gasteiger partial charge is 0.383 e. The zero-order chi connectivity index (χ0) is 21.3. The zero-order valence-corrected chi connectivity index (χ0v) is 16.7. The van der Waals surface area contributed by atoms with Crippen molar-refractivity contribution in [3.8, 4) is 22.3 Å². The predicted octanol–water partition coefficient (Wildman–Crippen LogP) is 5.00. The number of pyridine rings is 1. The fraction of sp³-hybridized carbons (Fsp3) is 0.250. The van der Waals surface area contributed by atoms with Gasteiger partial charge < -0.3 is 10.6 Å². The van der Waals surface area contributed by atoms with Crippen LogP contribution in [-0.2, 0) is 4.79 Å². The molecule has 3 aromatic rings. The van der Waals surface area contributed by atoms with Gasteiger partial charge in [0.2, 0.25) is 5.91 Å². The highest BCUT2D eigenvalue weighted by Gasteiger charge is 2.22. The van der Waals surface area contributed by atoms with E-state index < -0.39 is 11.6 Å². The standard InChI is InChI=1S/C24H23F2N3O/c1-15(30)29-7-5-16(6-8-29)17-3-2-4-18(9-17)20-12-23(24(27)28-14-20)19-10-21(25)13-22(26)11-19/h2-4,9-14,16H,5-8H2,1H3,(H2,27,28). The summed E-state index contributed by atoms with van der Waals surface area (Å²) in [6, 6.07) is 13.4. The number of aromatic nitrogens is 1. The Bertz CT molecular complexity index is 1070. The van der Waals surface area contributed by atoms with Gasteiger partial charge in [-0.3, -0.25) is 4.79 Å². The number of rotatable bonds is 3. The zero-order valence-electron chi connectivity index (χ0n) is 16.7. The van der Waals surface area contributed by atoms with Crippen LogP contribution in [0.1, 0.15) is 31.2 Å². The Balaban J connectivity index is 1.64. The van der Waals surface area contributed by atoms with Crippen LogP contribution in [0.3, 0.4) is 0 Å². The van der Waals surface area contributed by atoms with Crippen LogP contribution in [-0.4, -0.2) is 28.9 Å². The van der Waals surface area contributed by atoms with Crippen molar-refractivity contribution in [3.63, 3.8) is 0 Å². The van der Waals surface area contributed by atoms with E-state index in [2.05, 4.69) is 17.1 Å². The molecule has 1 amide bonds. The van der Waals surface area contributed by atoms with Crippen LogP contribution < -0.4 is 5.73 Å². The van der Waals surface area contributed by atoms with Gasteiger partial charge in [0, 0.05) is 43.4 Å². The second-order valence-electron chi connectivity index (χ2n) is 7.72. The molecule has 4 nitrogen and oxygen atoms in total. The quantitative estimate of drug-likeness (QED) is 0.665. The fourth-order valence-electron chi connectivity index (χ4n) is 4.07. The Labute approximate surface area is 174 Å². The van der Waals surface area contributed by atoms with E-state index in [1.165, 1.54) is 17.7 Å². The number of amides is 1. The Hall–Kier alpha value is -3.28. The van der Waals surface area contributed by atoms with Gasteiger partial charge in [-0.15, -0.1) is 0 Å². The third-order valence-electron chi connectivity index (χ3n) is 5.72. The van der Waals surface area contributed by atoms with E-state index in [1.807, 2.05) is 23.1 Å². The molecule has 0 unspecified atom stereocenters. The molecule has 2 aromatic carbocycles. The highest BCUT2D eigenvalue weighted by atomic mass is 19.1. The first-order valence-electron chi connectivity index (χ1n) is 9.98. The topological polar surface area (TPSA) is 59.2 Å². The highest BCUT2D eigenvalue weighted by molar-refractivity contribution is 5.79. The van der Waals surface area contributed by atoms with Gasteiger partial charge in [-0.05, 0) is 53.6 Å². The normalized spacial score (nSPS) is 14.7. The van der Waals surface area contributed by atoms with Gasteiger partial charge in [0.15, 0.2) is 0 Å². The molecular weight excluding hydrogens is 384 g/mol. The van der Waals surface area contributed by atoms with Gasteiger partial charge in [0.25, 0.3) is 0 Å². The first kappa shape index (κ1) is 20.0. The monoisotopic (exact) mass is 407 g/mol. The molecule has 1 fully saturated rings. The van der Waals surface area contributed by atoms with E-state index in [1.54, 1.807) is 13.1 Å². The molecule has 0 bridgehead atoms. The van der Waals surface area contributed by atoms with Crippen molar-refractivity contribution in [1.82, 2.24) is 9.88 Å². The second-order valence-corrected chi connectivity index (χ2v) is 7.72. The minimum atomic E-state index is -0.659. The number of piperidine rings is 1. The summed E-state index contributed by atoms with van der Waals surface area (Å²) in [4.78, 5) is 17.7. The average Bonchev–Trinajstić information content (AvgIpc) is 2.73. The summed E-state index contributed by atoms with van der Waals surface area (Å²) in [6.45, 7) is 3.14. The van der Waals surface area contributed by atoms with Crippen LogP contribution in [0.2, 0.25) is 0 Å². The lowest BCUT2D eigenvalue weighted by Crippen LogP contribution is -2.36. The molecule has 0 aliphatic carbocycles.